The van der Waals surface area contributed by atoms with Gasteiger partial charge < -0.3 is 0 Å². The molecule has 0 saturated heterocycles. The Morgan fingerprint density at radius 3 is 2.92 bits per heavy atom. The van der Waals surface area contributed by atoms with Gasteiger partial charge in [0.25, 0.3) is 0 Å². The summed E-state index contributed by atoms with van der Waals surface area (Å²) in [4.78, 5) is 4.52. The van der Waals surface area contributed by atoms with Crippen molar-refractivity contribution in [2.75, 3.05) is 6.54 Å². The fourth-order valence-corrected chi connectivity index (χ4v) is 2.16. The third-order valence-electron chi connectivity index (χ3n) is 2.38. The largest absolute Gasteiger partial charge is 0.289 e. The Morgan fingerprint density at radius 1 is 1.38 bits per heavy atom. The summed E-state index contributed by atoms with van der Waals surface area (Å²) in [5.41, 5.74) is 4.00. The monoisotopic (exact) mass is 285 g/mol. The minimum absolute atomic E-state index is 1.01. The zero-order valence-corrected chi connectivity index (χ0v) is 9.84. The second-order valence-corrected chi connectivity index (χ2v) is 4.64. The van der Waals surface area contributed by atoms with E-state index in [0.717, 1.165) is 13.0 Å². The predicted octanol–water partition coefficient (Wildman–Crippen LogP) is 3.18. The van der Waals surface area contributed by atoms with Gasteiger partial charge in [0.1, 0.15) is 0 Å². The van der Waals surface area contributed by atoms with Crippen molar-refractivity contribution in [3.8, 4) is 0 Å². The Morgan fingerprint density at radius 2 is 2.23 bits per heavy atom. The van der Waals surface area contributed by atoms with Crippen LogP contribution >= 0.6 is 22.6 Å². The average Bonchev–Trinajstić information content (AvgIpc) is 2.61. The molecule has 1 aromatic rings. The first-order chi connectivity index (χ1) is 6.27. The van der Waals surface area contributed by atoms with E-state index in [4.69, 9.17) is 0 Å². The molecule has 0 radical (unpaired) electrons. The summed E-state index contributed by atoms with van der Waals surface area (Å²) in [6.45, 7) is 3.17. The topological polar surface area (TPSA) is 12.4 Å². The van der Waals surface area contributed by atoms with E-state index in [2.05, 4.69) is 52.7 Å². The highest BCUT2D eigenvalue weighted by atomic mass is 127. The molecule has 0 N–H and O–H groups in total. The van der Waals surface area contributed by atoms with Gasteiger partial charge in [0.15, 0.2) is 0 Å². The van der Waals surface area contributed by atoms with E-state index in [1.807, 2.05) is 0 Å². The summed E-state index contributed by atoms with van der Waals surface area (Å²) in [5.74, 6) is 0. The number of benzene rings is 1. The van der Waals surface area contributed by atoms with Crippen LogP contribution in [0.2, 0.25) is 0 Å². The SMILES string of the molecule is Cc1ccc(I)cc1C1=NCCC1. The van der Waals surface area contributed by atoms with Crippen LogP contribution in [0.4, 0.5) is 0 Å². The molecular weight excluding hydrogens is 273 g/mol. The molecule has 0 saturated carbocycles. The molecular formula is C11H12IN. The van der Waals surface area contributed by atoms with Gasteiger partial charge in [0, 0.05) is 15.8 Å². The number of rotatable bonds is 1. The molecule has 0 fully saturated rings. The zero-order valence-electron chi connectivity index (χ0n) is 7.68. The van der Waals surface area contributed by atoms with Crippen LogP contribution in [-0.4, -0.2) is 12.3 Å². The molecule has 1 aromatic carbocycles. The number of aliphatic imine (C=N–C) groups is 1. The van der Waals surface area contributed by atoms with Crippen molar-refractivity contribution in [1.29, 1.82) is 0 Å². The maximum atomic E-state index is 4.52. The second-order valence-electron chi connectivity index (χ2n) is 3.39. The normalized spacial score (nSPS) is 16.0. The first kappa shape index (κ1) is 9.19. The second kappa shape index (κ2) is 3.78. The molecule has 1 aliphatic heterocycles. The molecule has 1 heterocycles. The number of hydrogen-bond acceptors (Lipinski definition) is 1. The molecule has 2 heteroatoms. The van der Waals surface area contributed by atoms with Crippen LogP contribution < -0.4 is 0 Å². The molecule has 0 spiro atoms. The van der Waals surface area contributed by atoms with Crippen LogP contribution in [0.15, 0.2) is 23.2 Å². The van der Waals surface area contributed by atoms with Gasteiger partial charge in [-0.1, -0.05) is 6.07 Å². The van der Waals surface area contributed by atoms with Crippen molar-refractivity contribution in [1.82, 2.24) is 0 Å². The van der Waals surface area contributed by atoms with E-state index in [0.29, 0.717) is 0 Å². The highest BCUT2D eigenvalue weighted by molar-refractivity contribution is 14.1. The van der Waals surface area contributed by atoms with Crippen LogP contribution in [-0.2, 0) is 0 Å². The van der Waals surface area contributed by atoms with Crippen LogP contribution in [0, 0.1) is 10.5 Å². The van der Waals surface area contributed by atoms with Crippen molar-refractivity contribution >= 4 is 28.3 Å². The van der Waals surface area contributed by atoms with E-state index in [1.165, 1.54) is 26.8 Å². The highest BCUT2D eigenvalue weighted by Gasteiger charge is 2.10. The van der Waals surface area contributed by atoms with Gasteiger partial charge in [-0.3, -0.25) is 4.99 Å². The Hall–Kier alpha value is -0.380. The average molecular weight is 285 g/mol. The molecule has 0 atom stereocenters. The van der Waals surface area contributed by atoms with Crippen molar-refractivity contribution in [3.63, 3.8) is 0 Å². The molecule has 0 aromatic heterocycles. The van der Waals surface area contributed by atoms with Crippen molar-refractivity contribution in [2.45, 2.75) is 19.8 Å². The summed E-state index contributed by atoms with van der Waals surface area (Å²) in [5, 5.41) is 0. The summed E-state index contributed by atoms with van der Waals surface area (Å²) in [6.07, 6.45) is 2.38. The highest BCUT2D eigenvalue weighted by Crippen LogP contribution is 2.19. The molecule has 1 aliphatic rings. The lowest BCUT2D eigenvalue weighted by atomic mass is 10.0. The standard InChI is InChI=1S/C11H12IN/c1-8-4-5-9(12)7-10(8)11-3-2-6-13-11/h4-5,7H,2-3,6H2,1H3. The number of aryl methyl sites for hydroxylation is 1. The van der Waals surface area contributed by atoms with E-state index in [9.17, 15) is 0 Å². The lowest BCUT2D eigenvalue weighted by Gasteiger charge is -2.05. The van der Waals surface area contributed by atoms with Crippen LogP contribution in [0.3, 0.4) is 0 Å². The first-order valence-electron chi connectivity index (χ1n) is 4.57. The molecule has 13 heavy (non-hydrogen) atoms. The lowest BCUT2D eigenvalue weighted by Crippen LogP contribution is -1.99. The van der Waals surface area contributed by atoms with Crippen LogP contribution in [0.5, 0.6) is 0 Å². The molecule has 0 aliphatic carbocycles. The summed E-state index contributed by atoms with van der Waals surface area (Å²) in [6, 6.07) is 6.56. The number of nitrogens with zero attached hydrogens (tertiary/aromatic N) is 1. The summed E-state index contributed by atoms with van der Waals surface area (Å²) < 4.78 is 1.30. The minimum atomic E-state index is 1.01. The van der Waals surface area contributed by atoms with Crippen molar-refractivity contribution in [3.05, 3.63) is 32.9 Å². The zero-order chi connectivity index (χ0) is 9.26. The maximum absolute atomic E-state index is 4.52. The lowest BCUT2D eigenvalue weighted by molar-refractivity contribution is 0.951. The third-order valence-corrected chi connectivity index (χ3v) is 3.06. The Balaban J connectivity index is 2.43. The van der Waals surface area contributed by atoms with Gasteiger partial charge in [-0.15, -0.1) is 0 Å². The summed E-state index contributed by atoms with van der Waals surface area (Å²) in [7, 11) is 0. The maximum Gasteiger partial charge on any atom is 0.0424 e. The van der Waals surface area contributed by atoms with E-state index >= 15 is 0 Å². The fourth-order valence-electron chi connectivity index (χ4n) is 1.66. The molecule has 2 rings (SSSR count). The molecule has 68 valence electrons. The van der Waals surface area contributed by atoms with E-state index in [-0.39, 0.29) is 0 Å². The van der Waals surface area contributed by atoms with Gasteiger partial charge in [-0.05, 0) is 65.6 Å². The van der Waals surface area contributed by atoms with Gasteiger partial charge in [-0.2, -0.15) is 0 Å². The van der Waals surface area contributed by atoms with E-state index in [1.54, 1.807) is 0 Å². The van der Waals surface area contributed by atoms with Gasteiger partial charge in [0.05, 0.1) is 0 Å². The van der Waals surface area contributed by atoms with E-state index < -0.39 is 0 Å². The molecule has 0 unspecified atom stereocenters. The Kier molecular flexibility index (Phi) is 2.67. The van der Waals surface area contributed by atoms with Crippen molar-refractivity contribution < 1.29 is 0 Å². The Bertz CT molecular complexity index is 355. The fraction of sp³-hybridized carbons (Fsp3) is 0.364. The predicted molar refractivity (Wildman–Crippen MR) is 64.5 cm³/mol. The van der Waals surface area contributed by atoms with Gasteiger partial charge >= 0.3 is 0 Å². The number of halogens is 1. The van der Waals surface area contributed by atoms with Crippen LogP contribution in [0.25, 0.3) is 0 Å². The molecule has 0 bridgehead atoms. The molecule has 1 nitrogen and oxygen atoms in total. The summed E-state index contributed by atoms with van der Waals surface area (Å²) >= 11 is 2.35. The third kappa shape index (κ3) is 1.93. The first-order valence-corrected chi connectivity index (χ1v) is 5.65. The van der Waals surface area contributed by atoms with Crippen molar-refractivity contribution in [2.24, 2.45) is 4.99 Å². The minimum Gasteiger partial charge on any atom is -0.289 e. The smallest absolute Gasteiger partial charge is 0.0424 e. The van der Waals surface area contributed by atoms with Gasteiger partial charge in [0.2, 0.25) is 0 Å². The van der Waals surface area contributed by atoms with Crippen LogP contribution in [0.1, 0.15) is 24.0 Å². The Labute approximate surface area is 92.4 Å². The van der Waals surface area contributed by atoms with Gasteiger partial charge in [-0.25, -0.2) is 0 Å². The number of hydrogen-bond donors (Lipinski definition) is 0. The quantitative estimate of drug-likeness (QED) is 0.703. The molecule has 0 amide bonds.